The van der Waals surface area contributed by atoms with Gasteiger partial charge in [-0.2, -0.15) is 0 Å². The van der Waals surface area contributed by atoms with Gasteiger partial charge < -0.3 is 15.0 Å². The van der Waals surface area contributed by atoms with E-state index in [-0.39, 0.29) is 17.9 Å². The molecule has 1 fully saturated rings. The van der Waals surface area contributed by atoms with Gasteiger partial charge in [0.1, 0.15) is 0 Å². The quantitative estimate of drug-likeness (QED) is 0.788. The first kappa shape index (κ1) is 20.9. The van der Waals surface area contributed by atoms with Crippen molar-refractivity contribution in [3.8, 4) is 0 Å². The summed E-state index contributed by atoms with van der Waals surface area (Å²) in [5, 5.41) is 3.05. The second-order valence-electron chi connectivity index (χ2n) is 7.60. The lowest BCUT2D eigenvalue weighted by atomic mass is 10.1. The number of ether oxygens (including phenoxy) is 1. The van der Waals surface area contributed by atoms with Gasteiger partial charge in [-0.1, -0.05) is 12.1 Å². The Morgan fingerprint density at radius 1 is 1.10 bits per heavy atom. The van der Waals surface area contributed by atoms with Crippen molar-refractivity contribution in [2.24, 2.45) is 0 Å². The molecule has 3 rings (SSSR count). The Morgan fingerprint density at radius 2 is 1.83 bits per heavy atom. The molecule has 1 unspecified atom stereocenters. The Kier molecular flexibility index (Phi) is 6.54. The van der Waals surface area contributed by atoms with Gasteiger partial charge in [0.25, 0.3) is 0 Å². The molecule has 1 atom stereocenters. The summed E-state index contributed by atoms with van der Waals surface area (Å²) in [6.07, 6.45) is 0. The Bertz CT molecular complexity index is 879. The van der Waals surface area contributed by atoms with Crippen molar-refractivity contribution in [3.05, 3.63) is 59.2 Å². The van der Waals surface area contributed by atoms with Crippen LogP contribution in [0.25, 0.3) is 0 Å². The van der Waals surface area contributed by atoms with Crippen LogP contribution < -0.4 is 10.2 Å². The molecule has 0 aromatic heterocycles. The molecule has 0 spiro atoms. The number of benzene rings is 2. The van der Waals surface area contributed by atoms with E-state index in [1.54, 1.807) is 12.1 Å². The third-order valence-electron chi connectivity index (χ3n) is 5.64. The lowest BCUT2D eigenvalue weighted by molar-refractivity contribution is -0.117. The van der Waals surface area contributed by atoms with Gasteiger partial charge in [0.15, 0.2) is 0 Å². The van der Waals surface area contributed by atoms with E-state index in [0.717, 1.165) is 36.6 Å². The number of aryl methyl sites for hydroxylation is 1. The van der Waals surface area contributed by atoms with E-state index in [0.29, 0.717) is 12.1 Å². The van der Waals surface area contributed by atoms with Crippen LogP contribution in [0.15, 0.2) is 42.5 Å². The molecule has 1 saturated heterocycles. The average molecular weight is 396 g/mol. The summed E-state index contributed by atoms with van der Waals surface area (Å²) in [5.74, 6) is -0.314. The molecule has 154 valence electrons. The molecule has 1 heterocycles. The van der Waals surface area contributed by atoms with Crippen molar-refractivity contribution in [1.82, 2.24) is 4.90 Å². The Labute approximate surface area is 172 Å². The molecule has 2 aromatic rings. The lowest BCUT2D eigenvalue weighted by Crippen LogP contribution is -2.53. The van der Waals surface area contributed by atoms with Gasteiger partial charge in [0.2, 0.25) is 5.91 Å². The molecule has 0 radical (unpaired) electrons. The fraction of sp³-hybridized carbons (Fsp3) is 0.391. The summed E-state index contributed by atoms with van der Waals surface area (Å²) in [5.41, 5.74) is 4.78. The van der Waals surface area contributed by atoms with E-state index < -0.39 is 0 Å². The van der Waals surface area contributed by atoms with Crippen LogP contribution in [0.2, 0.25) is 0 Å². The predicted molar refractivity (Wildman–Crippen MR) is 116 cm³/mol. The average Bonchev–Trinajstić information content (AvgIpc) is 2.72. The summed E-state index contributed by atoms with van der Waals surface area (Å²) >= 11 is 0. The van der Waals surface area contributed by atoms with Gasteiger partial charge in [-0.25, -0.2) is 4.79 Å². The number of hydrogen-bond donors (Lipinski definition) is 1. The van der Waals surface area contributed by atoms with E-state index in [9.17, 15) is 9.59 Å². The normalized spacial score (nSPS) is 17.1. The van der Waals surface area contributed by atoms with Gasteiger partial charge >= 0.3 is 5.97 Å². The zero-order chi connectivity index (χ0) is 21.0. The number of anilines is 2. The van der Waals surface area contributed by atoms with E-state index in [1.165, 1.54) is 12.7 Å². The summed E-state index contributed by atoms with van der Waals surface area (Å²) in [4.78, 5) is 28.6. The maximum atomic E-state index is 12.6. The van der Waals surface area contributed by atoms with E-state index in [1.807, 2.05) is 44.2 Å². The minimum Gasteiger partial charge on any atom is -0.465 e. The molecule has 2 aromatic carbocycles. The van der Waals surface area contributed by atoms with Crippen LogP contribution in [-0.2, 0) is 9.53 Å². The van der Waals surface area contributed by atoms with Gasteiger partial charge in [0.05, 0.1) is 19.2 Å². The van der Waals surface area contributed by atoms with E-state index >= 15 is 0 Å². The van der Waals surface area contributed by atoms with Crippen LogP contribution in [0.3, 0.4) is 0 Å². The zero-order valence-corrected chi connectivity index (χ0v) is 17.6. The maximum Gasteiger partial charge on any atom is 0.337 e. The third-order valence-corrected chi connectivity index (χ3v) is 5.64. The van der Waals surface area contributed by atoms with Crippen molar-refractivity contribution in [3.63, 3.8) is 0 Å². The number of rotatable bonds is 5. The number of methoxy groups -OCH3 is 1. The number of esters is 1. The van der Waals surface area contributed by atoms with Crippen molar-refractivity contribution < 1.29 is 14.3 Å². The van der Waals surface area contributed by atoms with E-state index in [2.05, 4.69) is 22.0 Å². The number of carbonyl (C=O) groups is 2. The number of carbonyl (C=O) groups excluding carboxylic acids is 2. The number of piperazine rings is 1. The molecule has 1 aliphatic rings. The highest BCUT2D eigenvalue weighted by Crippen LogP contribution is 2.21. The van der Waals surface area contributed by atoms with Gasteiger partial charge in [-0.05, 0) is 62.2 Å². The van der Waals surface area contributed by atoms with Crippen molar-refractivity contribution in [2.45, 2.75) is 26.8 Å². The van der Waals surface area contributed by atoms with Gasteiger partial charge in [-0.3, -0.25) is 9.69 Å². The monoisotopic (exact) mass is 395 g/mol. The first-order chi connectivity index (χ1) is 13.9. The SMILES string of the molecule is COC(=O)c1ccc(N2CCN(CC(=O)Nc3cccc(C)c3C)C(C)C2)cc1. The first-order valence-corrected chi connectivity index (χ1v) is 9.92. The molecular formula is C23H29N3O3. The molecule has 1 aliphatic heterocycles. The van der Waals surface area contributed by atoms with E-state index in [4.69, 9.17) is 4.74 Å². The number of nitrogens with one attached hydrogen (secondary N) is 1. The zero-order valence-electron chi connectivity index (χ0n) is 17.6. The third kappa shape index (κ3) is 4.95. The largest absolute Gasteiger partial charge is 0.465 e. The minimum absolute atomic E-state index is 0.0152. The highest BCUT2D eigenvalue weighted by molar-refractivity contribution is 5.93. The summed E-state index contributed by atoms with van der Waals surface area (Å²) in [7, 11) is 1.38. The number of amides is 1. The molecule has 0 aliphatic carbocycles. The number of hydrogen-bond acceptors (Lipinski definition) is 5. The van der Waals surface area contributed by atoms with Crippen LogP contribution in [-0.4, -0.2) is 56.1 Å². The van der Waals surface area contributed by atoms with Crippen LogP contribution in [0.1, 0.15) is 28.4 Å². The molecular weight excluding hydrogens is 366 g/mol. The minimum atomic E-state index is -0.329. The fourth-order valence-corrected chi connectivity index (χ4v) is 3.65. The Morgan fingerprint density at radius 3 is 2.48 bits per heavy atom. The summed E-state index contributed by atoms with van der Waals surface area (Å²) in [6, 6.07) is 13.7. The molecule has 6 heteroatoms. The highest BCUT2D eigenvalue weighted by atomic mass is 16.5. The van der Waals surface area contributed by atoms with Crippen molar-refractivity contribution in [1.29, 1.82) is 0 Å². The van der Waals surface area contributed by atoms with Crippen LogP contribution in [0.4, 0.5) is 11.4 Å². The fourth-order valence-electron chi connectivity index (χ4n) is 3.65. The lowest BCUT2D eigenvalue weighted by Gasteiger charge is -2.40. The first-order valence-electron chi connectivity index (χ1n) is 9.92. The van der Waals surface area contributed by atoms with Gasteiger partial charge in [-0.15, -0.1) is 0 Å². The predicted octanol–water partition coefficient (Wildman–Crippen LogP) is 3.24. The Hall–Kier alpha value is -2.86. The molecule has 29 heavy (non-hydrogen) atoms. The summed E-state index contributed by atoms with van der Waals surface area (Å²) < 4.78 is 4.75. The molecule has 0 bridgehead atoms. The number of nitrogens with zero attached hydrogens (tertiary/aromatic N) is 2. The summed E-state index contributed by atoms with van der Waals surface area (Å²) in [6.45, 7) is 9.05. The van der Waals surface area contributed by atoms with Crippen LogP contribution >= 0.6 is 0 Å². The smallest absolute Gasteiger partial charge is 0.337 e. The molecule has 0 saturated carbocycles. The van der Waals surface area contributed by atoms with Crippen LogP contribution in [0, 0.1) is 13.8 Å². The second kappa shape index (κ2) is 9.09. The standard InChI is InChI=1S/C23H29N3O3/c1-16-6-5-7-21(18(16)3)24-22(27)15-25-12-13-26(14-17(25)2)20-10-8-19(9-11-20)23(28)29-4/h5-11,17H,12-15H2,1-4H3,(H,24,27). The Balaban J connectivity index is 1.56. The second-order valence-corrected chi connectivity index (χ2v) is 7.60. The topological polar surface area (TPSA) is 61.9 Å². The highest BCUT2D eigenvalue weighted by Gasteiger charge is 2.25. The van der Waals surface area contributed by atoms with Crippen molar-refractivity contribution >= 4 is 23.3 Å². The van der Waals surface area contributed by atoms with Gasteiger partial charge in [0, 0.05) is 37.1 Å². The molecule has 6 nitrogen and oxygen atoms in total. The maximum absolute atomic E-state index is 12.6. The van der Waals surface area contributed by atoms with Crippen molar-refractivity contribution in [2.75, 3.05) is 43.5 Å². The van der Waals surface area contributed by atoms with Crippen LogP contribution in [0.5, 0.6) is 0 Å². The molecule has 1 amide bonds. The molecule has 1 N–H and O–H groups in total.